The normalized spacial score (nSPS) is 10.3. The lowest BCUT2D eigenvalue weighted by Crippen LogP contribution is -2.06. The van der Waals surface area contributed by atoms with Gasteiger partial charge in [-0.3, -0.25) is 4.79 Å². The molecule has 0 saturated carbocycles. The second-order valence-corrected chi connectivity index (χ2v) is 4.95. The van der Waals surface area contributed by atoms with Crippen LogP contribution in [0.3, 0.4) is 0 Å². The van der Waals surface area contributed by atoms with Crippen LogP contribution in [0.25, 0.3) is 0 Å². The summed E-state index contributed by atoms with van der Waals surface area (Å²) >= 11 is 5.65. The number of ether oxygens (including phenoxy) is 2. The van der Waals surface area contributed by atoms with Crippen LogP contribution >= 0.6 is 11.6 Å². The third-order valence-electron chi connectivity index (χ3n) is 2.72. The zero-order chi connectivity index (χ0) is 14.8. The molecular formula is C16H23ClO3. The van der Waals surface area contributed by atoms with Gasteiger partial charge in [0.05, 0.1) is 18.8 Å². The molecule has 0 fully saturated rings. The minimum atomic E-state index is 0.0544. The fourth-order valence-electron chi connectivity index (χ4n) is 1.74. The van der Waals surface area contributed by atoms with Crippen molar-refractivity contribution < 1.29 is 14.3 Å². The van der Waals surface area contributed by atoms with Gasteiger partial charge in [0.25, 0.3) is 0 Å². The summed E-state index contributed by atoms with van der Waals surface area (Å²) < 4.78 is 11.2. The van der Waals surface area contributed by atoms with Crippen LogP contribution in [0.5, 0.6) is 11.5 Å². The van der Waals surface area contributed by atoms with Crippen molar-refractivity contribution in [2.75, 3.05) is 19.1 Å². The molecular weight excluding hydrogens is 276 g/mol. The lowest BCUT2D eigenvalue weighted by molar-refractivity contribution is 0.0977. The largest absolute Gasteiger partial charge is 0.494 e. The van der Waals surface area contributed by atoms with Gasteiger partial charge in [0.15, 0.2) is 5.78 Å². The van der Waals surface area contributed by atoms with Crippen LogP contribution in [0.4, 0.5) is 0 Å². The number of halogens is 1. The molecule has 0 spiro atoms. The fraction of sp³-hybridized carbons (Fsp3) is 0.562. The fourth-order valence-corrected chi connectivity index (χ4v) is 1.87. The van der Waals surface area contributed by atoms with Crippen LogP contribution in [0.15, 0.2) is 18.2 Å². The van der Waals surface area contributed by atoms with Crippen LogP contribution in [0.1, 0.15) is 49.9 Å². The van der Waals surface area contributed by atoms with Crippen molar-refractivity contribution in [3.63, 3.8) is 0 Å². The number of hydrogen-bond donors (Lipinski definition) is 0. The van der Waals surface area contributed by atoms with E-state index in [2.05, 4.69) is 0 Å². The zero-order valence-corrected chi connectivity index (χ0v) is 13.0. The van der Waals surface area contributed by atoms with Crippen LogP contribution in [0, 0.1) is 0 Å². The second-order valence-electron chi connectivity index (χ2n) is 4.57. The summed E-state index contributed by atoms with van der Waals surface area (Å²) in [5.41, 5.74) is 0.595. The van der Waals surface area contributed by atoms with E-state index >= 15 is 0 Å². The Balaban J connectivity index is 2.89. The van der Waals surface area contributed by atoms with Crippen molar-refractivity contribution in [2.45, 2.75) is 39.5 Å². The van der Waals surface area contributed by atoms with Crippen molar-refractivity contribution in [3.8, 4) is 11.5 Å². The Hall–Kier alpha value is -1.22. The molecule has 0 amide bonds. The highest BCUT2D eigenvalue weighted by molar-refractivity contribution is 6.18. The Morgan fingerprint density at radius 3 is 2.50 bits per heavy atom. The second kappa shape index (κ2) is 9.65. The number of carbonyl (C=O) groups is 1. The van der Waals surface area contributed by atoms with Gasteiger partial charge in [0.1, 0.15) is 11.5 Å². The molecule has 112 valence electrons. The maximum absolute atomic E-state index is 12.2. The molecule has 0 aliphatic rings. The molecule has 4 heteroatoms. The quantitative estimate of drug-likeness (QED) is 0.472. The first kappa shape index (κ1) is 16.8. The van der Waals surface area contributed by atoms with E-state index in [9.17, 15) is 4.79 Å². The van der Waals surface area contributed by atoms with Crippen molar-refractivity contribution in [3.05, 3.63) is 23.8 Å². The van der Waals surface area contributed by atoms with Crippen LogP contribution < -0.4 is 9.47 Å². The van der Waals surface area contributed by atoms with Gasteiger partial charge >= 0.3 is 0 Å². The number of Topliss-reactive ketones (excluding diaryl/α,β-unsaturated/α-hetero) is 1. The molecule has 0 saturated heterocycles. The van der Waals surface area contributed by atoms with Crippen LogP contribution in [-0.4, -0.2) is 24.9 Å². The molecule has 1 aromatic rings. The van der Waals surface area contributed by atoms with Gasteiger partial charge in [0.2, 0.25) is 0 Å². The van der Waals surface area contributed by atoms with E-state index in [0.29, 0.717) is 49.0 Å². The summed E-state index contributed by atoms with van der Waals surface area (Å²) in [5, 5.41) is 0. The van der Waals surface area contributed by atoms with E-state index < -0.39 is 0 Å². The average Bonchev–Trinajstić information content (AvgIpc) is 2.48. The topological polar surface area (TPSA) is 35.5 Å². The maximum Gasteiger partial charge on any atom is 0.166 e. The highest BCUT2D eigenvalue weighted by Gasteiger charge is 2.14. The summed E-state index contributed by atoms with van der Waals surface area (Å²) in [4.78, 5) is 12.2. The molecule has 0 aliphatic heterocycles. The third kappa shape index (κ3) is 5.41. The Labute approximate surface area is 126 Å². The van der Waals surface area contributed by atoms with Gasteiger partial charge in [-0.2, -0.15) is 0 Å². The third-order valence-corrected chi connectivity index (χ3v) is 2.99. The van der Waals surface area contributed by atoms with E-state index in [1.54, 1.807) is 6.07 Å². The molecule has 0 heterocycles. The predicted octanol–water partition coefficient (Wildman–Crippen LogP) is 4.47. The maximum atomic E-state index is 12.2. The first-order valence-corrected chi connectivity index (χ1v) is 7.75. The van der Waals surface area contributed by atoms with E-state index in [0.717, 1.165) is 12.8 Å². The monoisotopic (exact) mass is 298 g/mol. The number of ketones is 1. The SMILES string of the molecule is CCCOc1ccc(OCCC)c(C(=O)CCCCl)c1. The summed E-state index contributed by atoms with van der Waals surface area (Å²) in [6.45, 7) is 5.33. The van der Waals surface area contributed by atoms with Gasteiger partial charge in [-0.15, -0.1) is 11.6 Å². The number of rotatable bonds is 10. The number of alkyl halides is 1. The Morgan fingerprint density at radius 2 is 1.85 bits per heavy atom. The van der Waals surface area contributed by atoms with Gasteiger partial charge in [-0.1, -0.05) is 13.8 Å². The van der Waals surface area contributed by atoms with Crippen molar-refractivity contribution >= 4 is 17.4 Å². The highest BCUT2D eigenvalue weighted by atomic mass is 35.5. The average molecular weight is 299 g/mol. The minimum Gasteiger partial charge on any atom is -0.494 e. The summed E-state index contributed by atoms with van der Waals surface area (Å²) in [6.07, 6.45) is 2.95. The van der Waals surface area contributed by atoms with Crippen molar-refractivity contribution in [2.24, 2.45) is 0 Å². The molecule has 1 rings (SSSR count). The summed E-state index contributed by atoms with van der Waals surface area (Å²) in [5.74, 6) is 1.89. The van der Waals surface area contributed by atoms with E-state index in [-0.39, 0.29) is 5.78 Å². The molecule has 0 atom stereocenters. The molecule has 20 heavy (non-hydrogen) atoms. The molecule has 1 aromatic carbocycles. The standard InChI is InChI=1S/C16H23ClO3/c1-3-10-19-13-7-8-16(20-11-4-2)14(12-13)15(18)6-5-9-17/h7-8,12H,3-6,9-11H2,1-2H3. The lowest BCUT2D eigenvalue weighted by atomic mass is 10.1. The molecule has 3 nitrogen and oxygen atoms in total. The smallest absolute Gasteiger partial charge is 0.166 e. The van der Waals surface area contributed by atoms with Gasteiger partial charge in [-0.05, 0) is 37.5 Å². The van der Waals surface area contributed by atoms with Gasteiger partial charge < -0.3 is 9.47 Å². The van der Waals surface area contributed by atoms with Crippen molar-refractivity contribution in [1.82, 2.24) is 0 Å². The molecule has 0 bridgehead atoms. The molecule has 0 aliphatic carbocycles. The Morgan fingerprint density at radius 1 is 1.15 bits per heavy atom. The predicted molar refractivity (Wildman–Crippen MR) is 82.3 cm³/mol. The van der Waals surface area contributed by atoms with E-state index in [1.165, 1.54) is 0 Å². The van der Waals surface area contributed by atoms with Crippen molar-refractivity contribution in [1.29, 1.82) is 0 Å². The number of hydrogen-bond acceptors (Lipinski definition) is 3. The molecule has 0 N–H and O–H groups in total. The first-order valence-electron chi connectivity index (χ1n) is 7.21. The highest BCUT2D eigenvalue weighted by Crippen LogP contribution is 2.26. The van der Waals surface area contributed by atoms with Crippen LogP contribution in [0.2, 0.25) is 0 Å². The molecule has 0 aromatic heterocycles. The molecule has 0 radical (unpaired) electrons. The lowest BCUT2D eigenvalue weighted by Gasteiger charge is -2.12. The Bertz CT molecular complexity index is 418. The van der Waals surface area contributed by atoms with Crippen LogP contribution in [-0.2, 0) is 0 Å². The number of carbonyl (C=O) groups excluding carboxylic acids is 1. The number of benzene rings is 1. The molecule has 0 unspecified atom stereocenters. The Kier molecular flexibility index (Phi) is 8.12. The van der Waals surface area contributed by atoms with E-state index in [4.69, 9.17) is 21.1 Å². The van der Waals surface area contributed by atoms with E-state index in [1.807, 2.05) is 26.0 Å². The first-order chi connectivity index (χ1) is 9.72. The summed E-state index contributed by atoms with van der Waals surface area (Å²) in [7, 11) is 0. The van der Waals surface area contributed by atoms with Gasteiger partial charge in [0, 0.05) is 12.3 Å². The zero-order valence-electron chi connectivity index (χ0n) is 12.3. The van der Waals surface area contributed by atoms with Gasteiger partial charge in [-0.25, -0.2) is 0 Å². The minimum absolute atomic E-state index is 0.0544. The summed E-state index contributed by atoms with van der Waals surface area (Å²) in [6, 6.07) is 5.44.